The van der Waals surface area contributed by atoms with Gasteiger partial charge in [0.1, 0.15) is 5.82 Å². The van der Waals surface area contributed by atoms with Crippen LogP contribution in [0.4, 0.5) is 4.39 Å². The van der Waals surface area contributed by atoms with Gasteiger partial charge in [-0.15, -0.1) is 0 Å². The summed E-state index contributed by atoms with van der Waals surface area (Å²) >= 11 is 5.77. The predicted molar refractivity (Wildman–Crippen MR) is 74.9 cm³/mol. The van der Waals surface area contributed by atoms with Crippen molar-refractivity contribution in [2.75, 3.05) is 19.8 Å². The van der Waals surface area contributed by atoms with Gasteiger partial charge in [0.2, 0.25) is 0 Å². The van der Waals surface area contributed by atoms with Gasteiger partial charge in [-0.2, -0.15) is 0 Å². The number of hydrogen-bond acceptors (Lipinski definition) is 3. The normalized spacial score (nSPS) is 12.9. The van der Waals surface area contributed by atoms with Crippen LogP contribution in [-0.2, 0) is 9.47 Å². The molecule has 0 saturated carbocycles. The molecule has 108 valence electrons. The molecule has 0 aliphatic rings. The van der Waals surface area contributed by atoms with Crippen LogP contribution in [0, 0.1) is 5.82 Å². The molecule has 0 heterocycles. The third kappa shape index (κ3) is 5.45. The van der Waals surface area contributed by atoms with Gasteiger partial charge in [0.15, 0.2) is 6.29 Å². The minimum Gasteiger partial charge on any atom is -0.352 e. The molecule has 3 nitrogen and oxygen atoms in total. The highest BCUT2D eigenvalue weighted by Gasteiger charge is 2.12. The zero-order valence-electron chi connectivity index (χ0n) is 11.6. The monoisotopic (exact) mass is 289 g/mol. The van der Waals surface area contributed by atoms with Crippen LogP contribution in [0.5, 0.6) is 0 Å². The van der Waals surface area contributed by atoms with Gasteiger partial charge in [-0.25, -0.2) is 4.39 Å². The predicted octanol–water partition coefficient (Wildman–Crippen LogP) is 3.53. The van der Waals surface area contributed by atoms with Crippen molar-refractivity contribution >= 4 is 11.6 Å². The molecule has 1 N–H and O–H groups in total. The van der Waals surface area contributed by atoms with Crippen molar-refractivity contribution in [2.45, 2.75) is 33.1 Å². The summed E-state index contributed by atoms with van der Waals surface area (Å²) in [4.78, 5) is 0. The van der Waals surface area contributed by atoms with Crippen molar-refractivity contribution in [3.8, 4) is 0 Å². The second-order valence-corrected chi connectivity index (χ2v) is 4.55. The smallest absolute Gasteiger partial charge is 0.169 e. The van der Waals surface area contributed by atoms with E-state index < -0.39 is 5.82 Å². The first kappa shape index (κ1) is 16.4. The molecule has 1 atom stereocenters. The van der Waals surface area contributed by atoms with E-state index in [9.17, 15) is 4.39 Å². The highest BCUT2D eigenvalue weighted by molar-refractivity contribution is 6.30. The van der Waals surface area contributed by atoms with Gasteiger partial charge in [-0.1, -0.05) is 17.7 Å². The molecule has 0 radical (unpaired) electrons. The Balaban J connectivity index is 2.53. The van der Waals surface area contributed by atoms with Crippen LogP contribution >= 0.6 is 11.6 Å². The number of hydrogen-bond donors (Lipinski definition) is 1. The third-order valence-corrected chi connectivity index (χ3v) is 3.03. The second kappa shape index (κ2) is 8.48. The molecule has 1 aromatic rings. The van der Waals surface area contributed by atoms with E-state index in [1.165, 1.54) is 6.07 Å². The quantitative estimate of drug-likeness (QED) is 0.743. The molecular weight excluding hydrogens is 269 g/mol. The van der Waals surface area contributed by atoms with Crippen molar-refractivity contribution < 1.29 is 13.9 Å². The maximum atomic E-state index is 13.1. The van der Waals surface area contributed by atoms with Crippen molar-refractivity contribution in [3.63, 3.8) is 0 Å². The van der Waals surface area contributed by atoms with Gasteiger partial charge in [-0.05, 0) is 38.5 Å². The topological polar surface area (TPSA) is 30.5 Å². The fourth-order valence-corrected chi connectivity index (χ4v) is 1.90. The Labute approximate surface area is 119 Å². The van der Waals surface area contributed by atoms with Crippen LogP contribution in [0.2, 0.25) is 5.02 Å². The Bertz CT molecular complexity index is 384. The summed E-state index contributed by atoms with van der Waals surface area (Å²) in [6, 6.07) is 4.76. The lowest BCUT2D eigenvalue weighted by molar-refractivity contribution is -0.133. The van der Waals surface area contributed by atoms with E-state index in [0.29, 0.717) is 19.8 Å². The van der Waals surface area contributed by atoms with E-state index in [2.05, 4.69) is 5.32 Å². The maximum absolute atomic E-state index is 13.1. The summed E-state index contributed by atoms with van der Waals surface area (Å²) in [5.41, 5.74) is 0.929. The number of halogens is 2. The summed E-state index contributed by atoms with van der Waals surface area (Å²) in [5, 5.41) is 3.42. The van der Waals surface area contributed by atoms with Crippen LogP contribution < -0.4 is 5.32 Å². The van der Waals surface area contributed by atoms with Gasteiger partial charge >= 0.3 is 0 Å². The average molecular weight is 290 g/mol. The minimum atomic E-state index is -0.404. The highest BCUT2D eigenvalue weighted by Crippen LogP contribution is 2.20. The van der Waals surface area contributed by atoms with Gasteiger partial charge in [0.05, 0.1) is 5.02 Å². The first-order chi connectivity index (χ1) is 9.08. The SMILES string of the molecule is CCOC(CNC(C)c1ccc(F)c(Cl)c1)OCC. The Hall–Kier alpha value is -0.680. The zero-order chi connectivity index (χ0) is 14.3. The van der Waals surface area contributed by atoms with Gasteiger partial charge in [-0.3, -0.25) is 0 Å². The lowest BCUT2D eigenvalue weighted by Gasteiger charge is -2.21. The number of rotatable bonds is 8. The van der Waals surface area contributed by atoms with Gasteiger partial charge < -0.3 is 14.8 Å². The van der Waals surface area contributed by atoms with Crippen LogP contribution in [0.1, 0.15) is 32.4 Å². The van der Waals surface area contributed by atoms with Crippen LogP contribution in [0.25, 0.3) is 0 Å². The van der Waals surface area contributed by atoms with Crippen molar-refractivity contribution in [3.05, 3.63) is 34.6 Å². The highest BCUT2D eigenvalue weighted by atomic mass is 35.5. The molecule has 0 amide bonds. The molecule has 5 heteroatoms. The van der Waals surface area contributed by atoms with E-state index in [1.807, 2.05) is 20.8 Å². The summed E-state index contributed by atoms with van der Waals surface area (Å²) in [5.74, 6) is -0.404. The Morgan fingerprint density at radius 1 is 1.26 bits per heavy atom. The molecular formula is C14H21ClFNO2. The molecule has 0 aromatic heterocycles. The first-order valence-corrected chi connectivity index (χ1v) is 6.87. The molecule has 19 heavy (non-hydrogen) atoms. The van der Waals surface area contributed by atoms with E-state index in [4.69, 9.17) is 21.1 Å². The molecule has 0 saturated heterocycles. The van der Waals surface area contributed by atoms with Crippen molar-refractivity contribution in [1.29, 1.82) is 0 Å². The zero-order valence-corrected chi connectivity index (χ0v) is 12.3. The lowest BCUT2D eigenvalue weighted by Crippen LogP contribution is -2.33. The van der Waals surface area contributed by atoms with Gasteiger partial charge in [0, 0.05) is 25.8 Å². The number of benzene rings is 1. The van der Waals surface area contributed by atoms with Gasteiger partial charge in [0.25, 0.3) is 0 Å². The molecule has 1 unspecified atom stereocenters. The maximum Gasteiger partial charge on any atom is 0.169 e. The third-order valence-electron chi connectivity index (χ3n) is 2.74. The van der Waals surface area contributed by atoms with Crippen molar-refractivity contribution in [1.82, 2.24) is 5.32 Å². The summed E-state index contributed by atoms with van der Waals surface area (Å²) < 4.78 is 24.0. The standard InChI is InChI=1S/C14H21ClFNO2/c1-4-18-14(19-5-2)9-17-10(3)11-6-7-13(16)12(15)8-11/h6-8,10,14,17H,4-5,9H2,1-3H3. The number of ether oxygens (including phenoxy) is 2. The largest absolute Gasteiger partial charge is 0.352 e. The van der Waals surface area contributed by atoms with E-state index in [1.54, 1.807) is 12.1 Å². The van der Waals surface area contributed by atoms with Crippen LogP contribution in [-0.4, -0.2) is 26.0 Å². The molecule has 0 fully saturated rings. The average Bonchev–Trinajstić information content (AvgIpc) is 2.39. The summed E-state index contributed by atoms with van der Waals surface area (Å²) in [7, 11) is 0. The molecule has 0 aliphatic heterocycles. The first-order valence-electron chi connectivity index (χ1n) is 6.50. The lowest BCUT2D eigenvalue weighted by atomic mass is 10.1. The molecule has 0 aliphatic carbocycles. The van der Waals surface area contributed by atoms with Crippen LogP contribution in [0.15, 0.2) is 18.2 Å². The van der Waals surface area contributed by atoms with Crippen LogP contribution in [0.3, 0.4) is 0 Å². The molecule has 1 aromatic carbocycles. The minimum absolute atomic E-state index is 0.0431. The Kier molecular flexibility index (Phi) is 7.31. The second-order valence-electron chi connectivity index (χ2n) is 4.14. The fourth-order valence-electron chi connectivity index (χ4n) is 1.71. The Morgan fingerprint density at radius 2 is 1.89 bits per heavy atom. The Morgan fingerprint density at radius 3 is 2.42 bits per heavy atom. The fraction of sp³-hybridized carbons (Fsp3) is 0.571. The van der Waals surface area contributed by atoms with E-state index >= 15 is 0 Å². The van der Waals surface area contributed by atoms with E-state index in [-0.39, 0.29) is 17.4 Å². The van der Waals surface area contributed by atoms with Crippen molar-refractivity contribution in [2.24, 2.45) is 0 Å². The molecule has 1 rings (SSSR count). The van der Waals surface area contributed by atoms with E-state index in [0.717, 1.165) is 5.56 Å². The summed E-state index contributed by atoms with van der Waals surface area (Å²) in [6.45, 7) is 7.60. The summed E-state index contributed by atoms with van der Waals surface area (Å²) in [6.07, 6.45) is -0.270. The molecule has 0 spiro atoms. The molecule has 0 bridgehead atoms. The number of nitrogens with one attached hydrogen (secondary N) is 1.